The number of ether oxygens (including phenoxy) is 1. The van der Waals surface area contributed by atoms with Crippen LogP contribution in [0.5, 0.6) is 5.75 Å². The summed E-state index contributed by atoms with van der Waals surface area (Å²) in [6, 6.07) is 8.17. The van der Waals surface area contributed by atoms with E-state index in [1.807, 2.05) is 23.9 Å². The van der Waals surface area contributed by atoms with Crippen LogP contribution in [-0.2, 0) is 0 Å². The molecular formula is C13H21NOS. The molecule has 0 amide bonds. The topological polar surface area (TPSA) is 21.3 Å². The largest absolute Gasteiger partial charge is 0.496 e. The maximum absolute atomic E-state index is 5.33. The molecule has 2 nitrogen and oxygen atoms in total. The van der Waals surface area contributed by atoms with E-state index in [0.717, 1.165) is 18.8 Å². The second kappa shape index (κ2) is 7.58. The fourth-order valence-electron chi connectivity index (χ4n) is 1.46. The average molecular weight is 239 g/mol. The zero-order valence-corrected chi connectivity index (χ0v) is 11.1. The molecule has 0 fully saturated rings. The van der Waals surface area contributed by atoms with Gasteiger partial charge in [0.25, 0.3) is 0 Å². The number of para-hydroxylation sites is 1. The number of rotatable bonds is 7. The van der Waals surface area contributed by atoms with Crippen molar-refractivity contribution in [3.8, 4) is 5.75 Å². The second-order valence-electron chi connectivity index (χ2n) is 3.78. The lowest BCUT2D eigenvalue weighted by Gasteiger charge is -2.14. The third-order valence-corrected chi connectivity index (χ3v) is 3.42. The summed E-state index contributed by atoms with van der Waals surface area (Å²) in [6.45, 7) is 6.55. The lowest BCUT2D eigenvalue weighted by atomic mass is 10.3. The monoisotopic (exact) mass is 239 g/mol. The van der Waals surface area contributed by atoms with Crippen LogP contribution < -0.4 is 10.1 Å². The maximum atomic E-state index is 5.33. The van der Waals surface area contributed by atoms with E-state index in [0.29, 0.717) is 5.25 Å². The zero-order chi connectivity index (χ0) is 11.8. The molecular weight excluding hydrogens is 218 g/mol. The highest BCUT2D eigenvalue weighted by molar-refractivity contribution is 8.00. The lowest BCUT2D eigenvalue weighted by Crippen LogP contribution is -2.23. The molecule has 0 saturated heterocycles. The molecule has 1 unspecified atom stereocenters. The Kier molecular flexibility index (Phi) is 6.34. The van der Waals surface area contributed by atoms with Gasteiger partial charge in [-0.1, -0.05) is 26.0 Å². The van der Waals surface area contributed by atoms with E-state index in [9.17, 15) is 0 Å². The van der Waals surface area contributed by atoms with Gasteiger partial charge in [-0.3, -0.25) is 0 Å². The SMILES string of the molecule is CCCNCC(C)Sc1ccccc1OC. The summed E-state index contributed by atoms with van der Waals surface area (Å²) >= 11 is 1.86. The van der Waals surface area contributed by atoms with Crippen LogP contribution in [0.2, 0.25) is 0 Å². The number of methoxy groups -OCH3 is 1. The standard InChI is InChI=1S/C13H21NOS/c1-4-9-14-10-11(2)16-13-8-6-5-7-12(13)15-3/h5-8,11,14H,4,9-10H2,1-3H3. The number of thioether (sulfide) groups is 1. The van der Waals surface area contributed by atoms with Crippen molar-refractivity contribution in [2.24, 2.45) is 0 Å². The van der Waals surface area contributed by atoms with Gasteiger partial charge in [-0.15, -0.1) is 11.8 Å². The molecule has 1 aromatic rings. The Hall–Kier alpha value is -0.670. The van der Waals surface area contributed by atoms with Crippen molar-refractivity contribution in [2.75, 3.05) is 20.2 Å². The molecule has 0 aromatic heterocycles. The predicted molar refractivity (Wildman–Crippen MR) is 71.5 cm³/mol. The smallest absolute Gasteiger partial charge is 0.132 e. The highest BCUT2D eigenvalue weighted by atomic mass is 32.2. The third kappa shape index (κ3) is 4.45. The minimum atomic E-state index is 0.558. The summed E-state index contributed by atoms with van der Waals surface area (Å²) in [5, 5.41) is 3.99. The molecule has 16 heavy (non-hydrogen) atoms. The summed E-state index contributed by atoms with van der Waals surface area (Å²) in [5.74, 6) is 0.967. The Morgan fingerprint density at radius 3 is 2.81 bits per heavy atom. The van der Waals surface area contributed by atoms with Crippen molar-refractivity contribution in [3.63, 3.8) is 0 Å². The van der Waals surface area contributed by atoms with Gasteiger partial charge in [-0.25, -0.2) is 0 Å². The van der Waals surface area contributed by atoms with Gasteiger partial charge in [0, 0.05) is 16.7 Å². The van der Waals surface area contributed by atoms with E-state index in [-0.39, 0.29) is 0 Å². The van der Waals surface area contributed by atoms with Gasteiger partial charge in [-0.05, 0) is 25.1 Å². The molecule has 1 rings (SSSR count). The first kappa shape index (κ1) is 13.4. The van der Waals surface area contributed by atoms with Gasteiger partial charge >= 0.3 is 0 Å². The molecule has 0 radical (unpaired) electrons. The first-order valence-corrected chi connectivity index (χ1v) is 6.66. The minimum absolute atomic E-state index is 0.558. The fourth-order valence-corrected chi connectivity index (χ4v) is 2.52. The van der Waals surface area contributed by atoms with Crippen LogP contribution in [0.1, 0.15) is 20.3 Å². The summed E-state index contributed by atoms with van der Waals surface area (Å²) in [7, 11) is 1.72. The normalized spacial score (nSPS) is 12.4. The lowest BCUT2D eigenvalue weighted by molar-refractivity contribution is 0.404. The van der Waals surface area contributed by atoms with E-state index in [1.165, 1.54) is 11.3 Å². The highest BCUT2D eigenvalue weighted by Crippen LogP contribution is 2.31. The van der Waals surface area contributed by atoms with Crippen LogP contribution in [0.15, 0.2) is 29.2 Å². The van der Waals surface area contributed by atoms with Crippen molar-refractivity contribution in [3.05, 3.63) is 24.3 Å². The van der Waals surface area contributed by atoms with Gasteiger partial charge in [0.2, 0.25) is 0 Å². The number of hydrogen-bond acceptors (Lipinski definition) is 3. The molecule has 90 valence electrons. The van der Waals surface area contributed by atoms with Crippen molar-refractivity contribution in [1.82, 2.24) is 5.32 Å². The zero-order valence-electron chi connectivity index (χ0n) is 10.3. The van der Waals surface area contributed by atoms with Crippen molar-refractivity contribution in [2.45, 2.75) is 30.4 Å². The van der Waals surface area contributed by atoms with Gasteiger partial charge < -0.3 is 10.1 Å². The first-order valence-electron chi connectivity index (χ1n) is 5.78. The molecule has 0 saturated carbocycles. The Bertz CT molecular complexity index is 304. The molecule has 0 bridgehead atoms. The number of hydrogen-bond donors (Lipinski definition) is 1. The number of benzene rings is 1. The van der Waals surface area contributed by atoms with Crippen LogP contribution in [0.3, 0.4) is 0 Å². The van der Waals surface area contributed by atoms with Crippen LogP contribution in [0.4, 0.5) is 0 Å². The molecule has 3 heteroatoms. The minimum Gasteiger partial charge on any atom is -0.496 e. The fraction of sp³-hybridized carbons (Fsp3) is 0.538. The van der Waals surface area contributed by atoms with E-state index >= 15 is 0 Å². The van der Waals surface area contributed by atoms with Crippen molar-refractivity contribution < 1.29 is 4.74 Å². The summed E-state index contributed by atoms with van der Waals surface area (Å²) in [4.78, 5) is 1.22. The Balaban J connectivity index is 2.45. The molecule has 0 heterocycles. The molecule has 1 aromatic carbocycles. The second-order valence-corrected chi connectivity index (χ2v) is 5.26. The van der Waals surface area contributed by atoms with Crippen LogP contribution in [0.25, 0.3) is 0 Å². The molecule has 0 spiro atoms. The summed E-state index contributed by atoms with van der Waals surface area (Å²) in [5.41, 5.74) is 0. The molecule has 0 aliphatic carbocycles. The van der Waals surface area contributed by atoms with Gasteiger partial charge in [0.15, 0.2) is 0 Å². The first-order chi connectivity index (χ1) is 7.77. The third-order valence-electron chi connectivity index (χ3n) is 2.26. The van der Waals surface area contributed by atoms with Crippen molar-refractivity contribution in [1.29, 1.82) is 0 Å². The van der Waals surface area contributed by atoms with Gasteiger partial charge in [0.05, 0.1) is 7.11 Å². The molecule has 1 N–H and O–H groups in total. The number of nitrogens with one attached hydrogen (secondary N) is 1. The summed E-state index contributed by atoms with van der Waals surface area (Å²) in [6.07, 6.45) is 1.19. The van der Waals surface area contributed by atoms with E-state index in [1.54, 1.807) is 7.11 Å². The maximum Gasteiger partial charge on any atom is 0.132 e. The van der Waals surface area contributed by atoms with Gasteiger partial charge in [0.1, 0.15) is 5.75 Å². The Morgan fingerprint density at radius 2 is 2.12 bits per heavy atom. The van der Waals surface area contributed by atoms with Crippen molar-refractivity contribution >= 4 is 11.8 Å². The Morgan fingerprint density at radius 1 is 1.38 bits per heavy atom. The van der Waals surface area contributed by atoms with Crippen LogP contribution in [0, 0.1) is 0 Å². The van der Waals surface area contributed by atoms with Gasteiger partial charge in [-0.2, -0.15) is 0 Å². The van der Waals surface area contributed by atoms with Crippen LogP contribution >= 0.6 is 11.8 Å². The molecule has 0 aliphatic rings. The summed E-state index contributed by atoms with van der Waals surface area (Å²) < 4.78 is 5.33. The van der Waals surface area contributed by atoms with E-state index in [2.05, 4.69) is 31.3 Å². The average Bonchev–Trinajstić information content (AvgIpc) is 2.30. The molecule has 0 aliphatic heterocycles. The quantitative estimate of drug-likeness (QED) is 0.583. The predicted octanol–water partition coefficient (Wildman–Crippen LogP) is 3.18. The highest BCUT2D eigenvalue weighted by Gasteiger charge is 2.07. The van der Waals surface area contributed by atoms with E-state index in [4.69, 9.17) is 4.74 Å². The Labute approximate surface area is 103 Å². The molecule has 1 atom stereocenters. The van der Waals surface area contributed by atoms with Crippen LogP contribution in [-0.4, -0.2) is 25.4 Å². The van der Waals surface area contributed by atoms with E-state index < -0.39 is 0 Å².